The first-order chi connectivity index (χ1) is 9.17. The van der Waals surface area contributed by atoms with Gasteiger partial charge in [-0.25, -0.2) is 4.79 Å². The highest BCUT2D eigenvalue weighted by molar-refractivity contribution is 5.68. The molecule has 0 aromatic heterocycles. The highest BCUT2D eigenvalue weighted by Gasteiger charge is 2.50. The fraction of sp³-hybridized carbons (Fsp3) is 0.933. The van der Waals surface area contributed by atoms with Gasteiger partial charge in [0.1, 0.15) is 6.10 Å². The van der Waals surface area contributed by atoms with Crippen LogP contribution in [0.25, 0.3) is 0 Å². The molecule has 3 N–H and O–H groups in total. The molecule has 5 saturated carbocycles. The fourth-order valence-corrected chi connectivity index (χ4v) is 5.17. The van der Waals surface area contributed by atoms with Crippen molar-refractivity contribution in [2.24, 2.45) is 29.4 Å². The Labute approximate surface area is 114 Å². The number of amides is 1. The topological polar surface area (TPSA) is 64.3 Å². The van der Waals surface area contributed by atoms with Gasteiger partial charge in [0.2, 0.25) is 0 Å². The van der Waals surface area contributed by atoms with Crippen molar-refractivity contribution in [2.75, 3.05) is 0 Å². The molecule has 4 nitrogen and oxygen atoms in total. The van der Waals surface area contributed by atoms with Gasteiger partial charge in [0.25, 0.3) is 0 Å². The van der Waals surface area contributed by atoms with E-state index in [1.165, 1.54) is 32.1 Å². The molecular formula is C15H24N2O2. The maximum atomic E-state index is 12.0. The van der Waals surface area contributed by atoms with Crippen molar-refractivity contribution >= 4 is 6.09 Å². The number of alkyl carbamates (subject to hydrolysis) is 1. The lowest BCUT2D eigenvalue weighted by Gasteiger charge is -2.53. The SMILES string of the molecule is NC1CC(NC(=O)OC2C3CC4CC(C3)CC2C4)C1. The van der Waals surface area contributed by atoms with Crippen LogP contribution in [0.2, 0.25) is 0 Å². The molecule has 106 valence electrons. The molecule has 0 aliphatic heterocycles. The van der Waals surface area contributed by atoms with Gasteiger partial charge in [0.15, 0.2) is 0 Å². The Morgan fingerprint density at radius 1 is 0.947 bits per heavy atom. The summed E-state index contributed by atoms with van der Waals surface area (Å²) < 4.78 is 5.78. The number of hydrogen-bond donors (Lipinski definition) is 2. The third-order valence-corrected chi connectivity index (χ3v) is 5.88. The molecule has 0 heterocycles. The molecule has 0 spiro atoms. The van der Waals surface area contributed by atoms with E-state index in [1.807, 2.05) is 0 Å². The second kappa shape index (κ2) is 4.37. The van der Waals surface area contributed by atoms with Gasteiger partial charge in [-0.3, -0.25) is 0 Å². The lowest BCUT2D eigenvalue weighted by molar-refractivity contribution is -0.0968. The molecule has 5 fully saturated rings. The summed E-state index contributed by atoms with van der Waals surface area (Å²) in [5.74, 6) is 3.14. The molecule has 0 aromatic carbocycles. The number of nitrogens with two attached hydrogens (primary N) is 1. The molecule has 5 aliphatic rings. The van der Waals surface area contributed by atoms with E-state index in [4.69, 9.17) is 10.5 Å². The fourth-order valence-electron chi connectivity index (χ4n) is 5.17. The summed E-state index contributed by atoms with van der Waals surface area (Å²) in [6.07, 6.45) is 8.40. The van der Waals surface area contributed by atoms with Gasteiger partial charge >= 0.3 is 6.09 Å². The number of nitrogens with one attached hydrogen (secondary N) is 1. The van der Waals surface area contributed by atoms with Crippen LogP contribution in [0.1, 0.15) is 44.9 Å². The number of ether oxygens (including phenoxy) is 1. The summed E-state index contributed by atoms with van der Waals surface area (Å²) in [6, 6.07) is 0.519. The van der Waals surface area contributed by atoms with E-state index in [1.54, 1.807) is 0 Å². The van der Waals surface area contributed by atoms with Gasteiger partial charge in [0.05, 0.1) is 0 Å². The zero-order valence-corrected chi connectivity index (χ0v) is 11.4. The Morgan fingerprint density at radius 3 is 2.05 bits per heavy atom. The minimum Gasteiger partial charge on any atom is -0.446 e. The Kier molecular flexibility index (Phi) is 2.76. The average molecular weight is 264 g/mol. The molecule has 5 rings (SSSR count). The van der Waals surface area contributed by atoms with E-state index in [9.17, 15) is 4.79 Å². The van der Waals surface area contributed by atoms with Crippen LogP contribution in [0.3, 0.4) is 0 Å². The molecule has 0 saturated heterocycles. The molecule has 4 bridgehead atoms. The standard InChI is InChI=1S/C15H24N2O2/c16-12-6-13(7-12)17-15(18)19-14-10-2-8-1-9(4-10)5-11(14)3-8/h8-14H,1-7,16H2,(H,17,18). The van der Waals surface area contributed by atoms with E-state index in [2.05, 4.69) is 5.32 Å². The summed E-state index contributed by atoms with van der Waals surface area (Å²) in [6.45, 7) is 0. The summed E-state index contributed by atoms with van der Waals surface area (Å²) in [5, 5.41) is 2.96. The van der Waals surface area contributed by atoms with E-state index < -0.39 is 0 Å². The van der Waals surface area contributed by atoms with Crippen molar-refractivity contribution in [2.45, 2.75) is 63.1 Å². The largest absolute Gasteiger partial charge is 0.446 e. The zero-order chi connectivity index (χ0) is 13.0. The van der Waals surface area contributed by atoms with Crippen molar-refractivity contribution in [1.82, 2.24) is 5.32 Å². The molecular weight excluding hydrogens is 240 g/mol. The molecule has 1 amide bonds. The van der Waals surface area contributed by atoms with Gasteiger partial charge < -0.3 is 15.8 Å². The summed E-state index contributed by atoms with van der Waals surface area (Å²) >= 11 is 0. The number of carbonyl (C=O) groups excluding carboxylic acids is 1. The predicted molar refractivity (Wildman–Crippen MR) is 71.4 cm³/mol. The number of hydrogen-bond acceptors (Lipinski definition) is 3. The first-order valence-electron chi connectivity index (χ1n) is 7.90. The molecule has 0 aromatic rings. The maximum Gasteiger partial charge on any atom is 0.407 e. The second-order valence-corrected chi connectivity index (χ2v) is 7.37. The van der Waals surface area contributed by atoms with Crippen molar-refractivity contribution < 1.29 is 9.53 Å². The third kappa shape index (κ3) is 2.14. The lowest BCUT2D eigenvalue weighted by Crippen LogP contribution is -2.54. The van der Waals surface area contributed by atoms with Crippen LogP contribution in [0.15, 0.2) is 0 Å². The van der Waals surface area contributed by atoms with Crippen LogP contribution in [0.5, 0.6) is 0 Å². The van der Waals surface area contributed by atoms with Crippen molar-refractivity contribution in [1.29, 1.82) is 0 Å². The molecule has 5 aliphatic carbocycles. The molecule has 0 unspecified atom stereocenters. The first kappa shape index (κ1) is 12.0. The van der Waals surface area contributed by atoms with Crippen LogP contribution in [-0.4, -0.2) is 24.3 Å². The third-order valence-electron chi connectivity index (χ3n) is 5.88. The Bertz CT molecular complexity index is 350. The summed E-state index contributed by atoms with van der Waals surface area (Å²) in [4.78, 5) is 12.0. The minimum absolute atomic E-state index is 0.196. The summed E-state index contributed by atoms with van der Waals surface area (Å²) in [7, 11) is 0. The van der Waals surface area contributed by atoms with Crippen LogP contribution in [0.4, 0.5) is 4.79 Å². The van der Waals surface area contributed by atoms with Gasteiger partial charge in [-0.15, -0.1) is 0 Å². The molecule has 0 atom stereocenters. The predicted octanol–water partition coefficient (Wildman–Crippen LogP) is 2.03. The monoisotopic (exact) mass is 264 g/mol. The first-order valence-corrected chi connectivity index (χ1v) is 7.90. The van der Waals surface area contributed by atoms with Crippen molar-refractivity contribution in [3.05, 3.63) is 0 Å². The van der Waals surface area contributed by atoms with Gasteiger partial charge in [-0.05, 0) is 68.6 Å². The minimum atomic E-state index is -0.200. The highest BCUT2D eigenvalue weighted by Crippen LogP contribution is 2.54. The quantitative estimate of drug-likeness (QED) is 0.802. The molecule has 4 heteroatoms. The van der Waals surface area contributed by atoms with E-state index in [-0.39, 0.29) is 24.3 Å². The van der Waals surface area contributed by atoms with E-state index in [0.717, 1.165) is 24.7 Å². The van der Waals surface area contributed by atoms with Crippen LogP contribution < -0.4 is 11.1 Å². The maximum absolute atomic E-state index is 12.0. The highest BCUT2D eigenvalue weighted by atomic mass is 16.6. The Morgan fingerprint density at radius 2 is 1.53 bits per heavy atom. The van der Waals surface area contributed by atoms with E-state index in [0.29, 0.717) is 11.8 Å². The Balaban J connectivity index is 1.34. The average Bonchev–Trinajstić information content (AvgIpc) is 2.31. The van der Waals surface area contributed by atoms with Crippen molar-refractivity contribution in [3.63, 3.8) is 0 Å². The van der Waals surface area contributed by atoms with Crippen LogP contribution >= 0.6 is 0 Å². The smallest absolute Gasteiger partial charge is 0.407 e. The molecule has 19 heavy (non-hydrogen) atoms. The zero-order valence-electron chi connectivity index (χ0n) is 11.4. The van der Waals surface area contributed by atoms with Crippen LogP contribution in [0, 0.1) is 23.7 Å². The number of rotatable bonds is 2. The normalized spacial score (nSPS) is 50.7. The van der Waals surface area contributed by atoms with Gasteiger partial charge in [-0.2, -0.15) is 0 Å². The molecule has 0 radical (unpaired) electrons. The van der Waals surface area contributed by atoms with E-state index >= 15 is 0 Å². The van der Waals surface area contributed by atoms with Gasteiger partial charge in [-0.1, -0.05) is 0 Å². The summed E-state index contributed by atoms with van der Waals surface area (Å²) in [5.41, 5.74) is 5.73. The van der Waals surface area contributed by atoms with Gasteiger partial charge in [0, 0.05) is 12.1 Å². The second-order valence-electron chi connectivity index (χ2n) is 7.37. The lowest BCUT2D eigenvalue weighted by atomic mass is 9.55. The van der Waals surface area contributed by atoms with Crippen LogP contribution in [-0.2, 0) is 4.74 Å². The number of carbonyl (C=O) groups is 1. The Hall–Kier alpha value is -0.770. The van der Waals surface area contributed by atoms with Crippen molar-refractivity contribution in [3.8, 4) is 0 Å².